The Kier molecular flexibility index (Phi) is 8.23. The molecule has 33 heavy (non-hydrogen) atoms. The van der Waals surface area contributed by atoms with E-state index in [4.69, 9.17) is 27.9 Å². The van der Waals surface area contributed by atoms with Crippen LogP contribution in [0, 0.1) is 6.92 Å². The second-order valence-electron chi connectivity index (χ2n) is 7.26. The Morgan fingerprint density at radius 3 is 2.61 bits per heavy atom. The van der Waals surface area contributed by atoms with E-state index in [-0.39, 0.29) is 17.6 Å². The lowest BCUT2D eigenvalue weighted by atomic mass is 10.2. The summed E-state index contributed by atoms with van der Waals surface area (Å²) < 4.78 is 7.03. The smallest absolute Gasteiger partial charge is 0.251 e. The predicted molar refractivity (Wildman–Crippen MR) is 130 cm³/mol. The van der Waals surface area contributed by atoms with Crippen molar-refractivity contribution < 1.29 is 14.3 Å². The summed E-state index contributed by atoms with van der Waals surface area (Å²) in [6.07, 6.45) is 0. The average molecular weight is 508 g/mol. The van der Waals surface area contributed by atoms with Gasteiger partial charge >= 0.3 is 0 Å². The van der Waals surface area contributed by atoms with Gasteiger partial charge in [-0.1, -0.05) is 41.0 Å². The molecule has 0 fully saturated rings. The monoisotopic (exact) mass is 507 g/mol. The zero-order valence-electron chi connectivity index (χ0n) is 18.5. The number of benzene rings is 2. The number of nitrogens with zero attached hydrogens (tertiary/aromatic N) is 3. The van der Waals surface area contributed by atoms with Crippen LogP contribution in [-0.4, -0.2) is 39.4 Å². The Labute approximate surface area is 206 Å². The predicted octanol–water partition coefficient (Wildman–Crippen LogP) is 4.66. The molecule has 3 aromatic rings. The first-order valence-corrected chi connectivity index (χ1v) is 11.7. The molecule has 0 aliphatic rings. The van der Waals surface area contributed by atoms with Crippen LogP contribution in [0.5, 0.6) is 5.75 Å². The van der Waals surface area contributed by atoms with E-state index < -0.39 is 6.04 Å². The molecule has 11 heteroatoms. The normalized spacial score (nSPS) is 11.7. The van der Waals surface area contributed by atoms with Gasteiger partial charge in [0.25, 0.3) is 5.91 Å². The lowest BCUT2D eigenvalue weighted by molar-refractivity contribution is -0.113. The largest absolute Gasteiger partial charge is 0.495 e. The van der Waals surface area contributed by atoms with Crippen molar-refractivity contribution in [2.45, 2.75) is 25.0 Å². The Hall–Kier alpha value is -2.75. The highest BCUT2D eigenvalue weighted by Gasteiger charge is 2.19. The molecular weight excluding hydrogens is 485 g/mol. The molecule has 174 valence electrons. The van der Waals surface area contributed by atoms with Crippen LogP contribution in [0.15, 0.2) is 41.6 Å². The van der Waals surface area contributed by atoms with Crippen LogP contribution in [0.25, 0.3) is 0 Å². The van der Waals surface area contributed by atoms with Gasteiger partial charge in [-0.2, -0.15) is 0 Å². The number of carbonyl (C=O) groups excluding carboxylic acids is 2. The molecule has 0 saturated heterocycles. The molecule has 2 amide bonds. The zero-order chi connectivity index (χ0) is 24.1. The SMILES string of the molecule is COc1ccc(C)cc1NC(=O)CSc1nnc(C(C)NC(=O)c2ccc(Cl)c(Cl)c2)n1C. The van der Waals surface area contributed by atoms with E-state index >= 15 is 0 Å². The first-order valence-electron chi connectivity index (χ1n) is 9.92. The van der Waals surface area contributed by atoms with Gasteiger partial charge in [-0.25, -0.2) is 0 Å². The number of hydrogen-bond acceptors (Lipinski definition) is 6. The fraction of sp³-hybridized carbons (Fsp3) is 0.273. The molecule has 0 saturated carbocycles. The van der Waals surface area contributed by atoms with Crippen molar-refractivity contribution in [1.82, 2.24) is 20.1 Å². The third kappa shape index (κ3) is 6.19. The highest BCUT2D eigenvalue weighted by molar-refractivity contribution is 7.99. The molecule has 2 N–H and O–H groups in total. The zero-order valence-corrected chi connectivity index (χ0v) is 20.8. The van der Waals surface area contributed by atoms with Crippen LogP contribution in [0.2, 0.25) is 10.0 Å². The number of carbonyl (C=O) groups is 2. The molecule has 0 bridgehead atoms. The third-order valence-corrected chi connectivity index (χ3v) is 6.51. The summed E-state index contributed by atoms with van der Waals surface area (Å²) in [6, 6.07) is 9.80. The quantitative estimate of drug-likeness (QED) is 0.430. The number of hydrogen-bond donors (Lipinski definition) is 2. The molecule has 1 unspecified atom stereocenters. The second kappa shape index (κ2) is 10.9. The number of ether oxygens (including phenoxy) is 1. The molecular formula is C22H23Cl2N5O3S. The molecule has 8 nitrogen and oxygen atoms in total. The summed E-state index contributed by atoms with van der Waals surface area (Å²) in [7, 11) is 3.33. The molecule has 1 atom stereocenters. The number of nitrogens with one attached hydrogen (secondary N) is 2. The summed E-state index contributed by atoms with van der Waals surface area (Å²) >= 11 is 13.1. The van der Waals surface area contributed by atoms with E-state index in [1.54, 1.807) is 43.8 Å². The number of aromatic nitrogens is 3. The van der Waals surface area contributed by atoms with Crippen molar-refractivity contribution >= 4 is 52.5 Å². The van der Waals surface area contributed by atoms with E-state index in [0.717, 1.165) is 5.56 Å². The molecule has 0 spiro atoms. The van der Waals surface area contributed by atoms with Crippen LogP contribution >= 0.6 is 35.0 Å². The Bertz CT molecular complexity index is 1180. The lowest BCUT2D eigenvalue weighted by Crippen LogP contribution is -2.28. The fourth-order valence-electron chi connectivity index (χ4n) is 3.05. The van der Waals surface area contributed by atoms with Crippen molar-refractivity contribution in [2.24, 2.45) is 7.05 Å². The van der Waals surface area contributed by atoms with E-state index in [9.17, 15) is 9.59 Å². The van der Waals surface area contributed by atoms with Gasteiger partial charge in [0.2, 0.25) is 5.91 Å². The maximum Gasteiger partial charge on any atom is 0.251 e. The van der Waals surface area contributed by atoms with Gasteiger partial charge in [-0.05, 0) is 49.7 Å². The standard InChI is InChI=1S/C22H23Cl2N5O3S/c1-12-5-8-18(32-4)17(9-12)26-19(30)11-33-22-28-27-20(29(22)3)13(2)25-21(31)14-6-7-15(23)16(24)10-14/h5-10,13H,11H2,1-4H3,(H,25,31)(H,26,30). The summed E-state index contributed by atoms with van der Waals surface area (Å²) in [6.45, 7) is 3.73. The maximum atomic E-state index is 12.5. The summed E-state index contributed by atoms with van der Waals surface area (Å²) in [5.74, 6) is 0.755. The molecule has 0 radical (unpaired) electrons. The minimum absolute atomic E-state index is 0.132. The first-order chi connectivity index (χ1) is 15.7. The average Bonchev–Trinajstić information content (AvgIpc) is 3.14. The Balaban J connectivity index is 1.61. The fourth-order valence-corrected chi connectivity index (χ4v) is 4.06. The van der Waals surface area contributed by atoms with Crippen LogP contribution < -0.4 is 15.4 Å². The number of methoxy groups -OCH3 is 1. The molecule has 1 aromatic heterocycles. The molecule has 3 rings (SSSR count). The number of amides is 2. The van der Waals surface area contributed by atoms with Crippen LogP contribution in [0.1, 0.15) is 34.7 Å². The molecule has 2 aromatic carbocycles. The summed E-state index contributed by atoms with van der Waals surface area (Å²) in [5.41, 5.74) is 2.00. The van der Waals surface area contributed by atoms with Gasteiger partial charge in [-0.15, -0.1) is 10.2 Å². The van der Waals surface area contributed by atoms with E-state index in [1.165, 1.54) is 17.8 Å². The number of thioether (sulfide) groups is 1. The molecule has 1 heterocycles. The first kappa shape index (κ1) is 24.9. The highest BCUT2D eigenvalue weighted by atomic mass is 35.5. The van der Waals surface area contributed by atoms with Crippen LogP contribution in [-0.2, 0) is 11.8 Å². The van der Waals surface area contributed by atoms with Gasteiger partial charge in [0, 0.05) is 12.6 Å². The van der Waals surface area contributed by atoms with Crippen LogP contribution in [0.4, 0.5) is 5.69 Å². The van der Waals surface area contributed by atoms with E-state index in [0.29, 0.717) is 38.0 Å². The minimum Gasteiger partial charge on any atom is -0.495 e. The summed E-state index contributed by atoms with van der Waals surface area (Å²) in [4.78, 5) is 25.0. The van der Waals surface area contributed by atoms with Gasteiger partial charge < -0.3 is 19.9 Å². The van der Waals surface area contributed by atoms with Gasteiger partial charge in [-0.3, -0.25) is 9.59 Å². The third-order valence-electron chi connectivity index (χ3n) is 4.75. The topological polar surface area (TPSA) is 98.1 Å². The lowest BCUT2D eigenvalue weighted by Gasteiger charge is -2.14. The van der Waals surface area contributed by atoms with Gasteiger partial charge in [0.1, 0.15) is 5.75 Å². The maximum absolute atomic E-state index is 12.5. The molecule has 0 aliphatic heterocycles. The van der Waals surface area contributed by atoms with Crippen molar-refractivity contribution in [1.29, 1.82) is 0 Å². The van der Waals surface area contributed by atoms with Crippen molar-refractivity contribution in [3.8, 4) is 5.75 Å². The van der Waals surface area contributed by atoms with Gasteiger partial charge in [0.15, 0.2) is 11.0 Å². The number of halogens is 2. The Morgan fingerprint density at radius 1 is 1.15 bits per heavy atom. The summed E-state index contributed by atoms with van der Waals surface area (Å²) in [5, 5.41) is 15.3. The Morgan fingerprint density at radius 2 is 1.91 bits per heavy atom. The number of aryl methyl sites for hydroxylation is 1. The minimum atomic E-state index is -0.427. The second-order valence-corrected chi connectivity index (χ2v) is 9.02. The van der Waals surface area contributed by atoms with Crippen molar-refractivity contribution in [2.75, 3.05) is 18.2 Å². The number of anilines is 1. The van der Waals surface area contributed by atoms with Gasteiger partial charge in [0.05, 0.1) is 34.6 Å². The van der Waals surface area contributed by atoms with Crippen LogP contribution in [0.3, 0.4) is 0 Å². The van der Waals surface area contributed by atoms with E-state index in [1.807, 2.05) is 19.1 Å². The molecule has 0 aliphatic carbocycles. The number of rotatable bonds is 8. The van der Waals surface area contributed by atoms with Crippen molar-refractivity contribution in [3.63, 3.8) is 0 Å². The highest BCUT2D eigenvalue weighted by Crippen LogP contribution is 2.26. The van der Waals surface area contributed by atoms with Crippen molar-refractivity contribution in [3.05, 3.63) is 63.4 Å². The van der Waals surface area contributed by atoms with E-state index in [2.05, 4.69) is 20.8 Å².